The minimum atomic E-state index is -0.846. The summed E-state index contributed by atoms with van der Waals surface area (Å²) >= 11 is 0. The van der Waals surface area contributed by atoms with Crippen LogP contribution in [0.3, 0.4) is 0 Å². The Morgan fingerprint density at radius 3 is 1.90 bits per heavy atom. The van der Waals surface area contributed by atoms with Crippen molar-refractivity contribution in [1.29, 1.82) is 0 Å². The summed E-state index contributed by atoms with van der Waals surface area (Å²) < 4.78 is 10.4. The van der Waals surface area contributed by atoms with E-state index in [4.69, 9.17) is 14.6 Å². The second-order valence-corrected chi connectivity index (χ2v) is 7.26. The third-order valence-corrected chi connectivity index (χ3v) is 2.33. The van der Waals surface area contributed by atoms with Crippen LogP contribution in [-0.4, -0.2) is 41.0 Å². The number of hydrogen-bond donors (Lipinski definition) is 2. The lowest BCUT2D eigenvalue weighted by atomic mass is 10.0. The first kappa shape index (κ1) is 19.7. The number of nitrogens with one attached hydrogen (secondary N) is 1. The number of carbonyl (C=O) groups is 2. The van der Waals surface area contributed by atoms with Gasteiger partial charge in [-0.05, 0) is 53.9 Å². The molecule has 0 saturated heterocycles. The van der Waals surface area contributed by atoms with Crippen LogP contribution in [0.4, 0.5) is 4.79 Å². The van der Waals surface area contributed by atoms with Crippen LogP contribution >= 0.6 is 0 Å². The molecule has 2 N–H and O–H groups in total. The molecule has 0 aliphatic heterocycles. The predicted molar refractivity (Wildman–Crippen MR) is 79.9 cm³/mol. The van der Waals surface area contributed by atoms with Gasteiger partial charge in [0.1, 0.15) is 17.2 Å². The molecule has 0 heterocycles. The fourth-order valence-corrected chi connectivity index (χ4v) is 1.51. The molecule has 0 fully saturated rings. The average molecular weight is 303 g/mol. The minimum absolute atomic E-state index is 0.0741. The van der Waals surface area contributed by atoms with E-state index in [1.165, 1.54) is 0 Å². The second kappa shape index (κ2) is 7.64. The zero-order valence-electron chi connectivity index (χ0n) is 14.1. The Hall–Kier alpha value is -1.30. The SMILES string of the molecule is C[C@@H](CO)C[C@H](NC(=O)OC(C)(C)C)C(=O)OC(C)(C)C. The van der Waals surface area contributed by atoms with E-state index >= 15 is 0 Å². The highest BCUT2D eigenvalue weighted by molar-refractivity contribution is 5.81. The molecule has 0 bridgehead atoms. The topological polar surface area (TPSA) is 84.9 Å². The Kier molecular flexibility index (Phi) is 7.16. The maximum Gasteiger partial charge on any atom is 0.408 e. The first-order chi connectivity index (χ1) is 9.34. The van der Waals surface area contributed by atoms with Crippen molar-refractivity contribution in [3.8, 4) is 0 Å². The Morgan fingerprint density at radius 2 is 1.52 bits per heavy atom. The van der Waals surface area contributed by atoms with Gasteiger partial charge in [-0.25, -0.2) is 9.59 Å². The van der Waals surface area contributed by atoms with Gasteiger partial charge >= 0.3 is 12.1 Å². The van der Waals surface area contributed by atoms with Crippen LogP contribution < -0.4 is 5.32 Å². The van der Waals surface area contributed by atoms with Crippen LogP contribution in [-0.2, 0) is 14.3 Å². The highest BCUT2D eigenvalue weighted by Gasteiger charge is 2.29. The van der Waals surface area contributed by atoms with Crippen molar-refractivity contribution in [2.45, 2.75) is 72.1 Å². The van der Waals surface area contributed by atoms with Gasteiger partial charge in [-0.3, -0.25) is 0 Å². The molecule has 0 radical (unpaired) electrons. The molecule has 0 unspecified atom stereocenters. The summed E-state index contributed by atoms with van der Waals surface area (Å²) in [5.41, 5.74) is -1.29. The first-order valence-corrected chi connectivity index (χ1v) is 7.17. The molecule has 0 saturated carbocycles. The van der Waals surface area contributed by atoms with Crippen LogP contribution in [0, 0.1) is 5.92 Å². The zero-order valence-corrected chi connectivity index (χ0v) is 14.1. The van der Waals surface area contributed by atoms with E-state index in [-0.39, 0.29) is 18.9 Å². The standard InChI is InChI=1S/C15H29NO5/c1-10(9-17)8-11(12(18)20-14(2,3)4)16-13(19)21-15(5,6)7/h10-11,17H,8-9H2,1-7H3,(H,16,19)/t10-,11+/m1/s1. The first-order valence-electron chi connectivity index (χ1n) is 7.17. The fourth-order valence-electron chi connectivity index (χ4n) is 1.51. The van der Waals surface area contributed by atoms with Crippen molar-refractivity contribution in [2.24, 2.45) is 5.92 Å². The third-order valence-electron chi connectivity index (χ3n) is 2.33. The molecule has 1 amide bonds. The number of amides is 1. The second-order valence-electron chi connectivity index (χ2n) is 7.26. The maximum atomic E-state index is 12.1. The Balaban J connectivity index is 4.82. The smallest absolute Gasteiger partial charge is 0.408 e. The highest BCUT2D eigenvalue weighted by atomic mass is 16.6. The van der Waals surface area contributed by atoms with Crippen LogP contribution in [0.2, 0.25) is 0 Å². The fraction of sp³-hybridized carbons (Fsp3) is 0.867. The van der Waals surface area contributed by atoms with Crippen molar-refractivity contribution < 1.29 is 24.2 Å². The van der Waals surface area contributed by atoms with Gasteiger partial charge in [0.25, 0.3) is 0 Å². The van der Waals surface area contributed by atoms with E-state index in [0.717, 1.165) is 0 Å². The number of carbonyl (C=O) groups excluding carboxylic acids is 2. The molecule has 0 aliphatic carbocycles. The zero-order chi connectivity index (χ0) is 16.8. The van der Waals surface area contributed by atoms with Gasteiger partial charge in [0.05, 0.1) is 0 Å². The molecule has 0 aromatic carbocycles. The van der Waals surface area contributed by atoms with Crippen molar-refractivity contribution in [1.82, 2.24) is 5.32 Å². The number of aliphatic hydroxyl groups excluding tert-OH is 1. The normalized spacial score (nSPS) is 15.0. The summed E-state index contributed by atoms with van der Waals surface area (Å²) in [4.78, 5) is 23.9. The molecule has 2 atom stereocenters. The molecule has 0 rings (SSSR count). The van der Waals surface area contributed by atoms with E-state index < -0.39 is 29.3 Å². The number of alkyl carbamates (subject to hydrolysis) is 1. The summed E-state index contributed by atoms with van der Waals surface area (Å²) in [6, 6.07) is -0.846. The van der Waals surface area contributed by atoms with Gasteiger partial charge in [-0.1, -0.05) is 6.92 Å². The highest BCUT2D eigenvalue weighted by Crippen LogP contribution is 2.14. The van der Waals surface area contributed by atoms with Crippen LogP contribution in [0.5, 0.6) is 0 Å². The lowest BCUT2D eigenvalue weighted by Gasteiger charge is -2.27. The average Bonchev–Trinajstić information content (AvgIpc) is 2.22. The van der Waals surface area contributed by atoms with E-state index in [1.54, 1.807) is 48.5 Å². The van der Waals surface area contributed by atoms with Crippen molar-refractivity contribution in [3.63, 3.8) is 0 Å². The lowest BCUT2D eigenvalue weighted by molar-refractivity contribution is -0.158. The van der Waals surface area contributed by atoms with Gasteiger partial charge in [0.2, 0.25) is 0 Å². The summed E-state index contributed by atoms with van der Waals surface area (Å²) in [6.07, 6.45) is -0.395. The van der Waals surface area contributed by atoms with Gasteiger partial charge in [-0.15, -0.1) is 0 Å². The number of ether oxygens (including phenoxy) is 2. The Labute approximate surface area is 127 Å². The molecule has 21 heavy (non-hydrogen) atoms. The Morgan fingerprint density at radius 1 is 1.05 bits per heavy atom. The van der Waals surface area contributed by atoms with Crippen molar-refractivity contribution >= 4 is 12.1 Å². The van der Waals surface area contributed by atoms with E-state index in [9.17, 15) is 9.59 Å². The Bertz CT molecular complexity index is 354. The van der Waals surface area contributed by atoms with Crippen LogP contribution in [0.1, 0.15) is 54.9 Å². The molecule has 0 aromatic heterocycles. The summed E-state index contributed by atoms with van der Waals surface area (Å²) in [5.74, 6) is -0.675. The summed E-state index contributed by atoms with van der Waals surface area (Å²) in [7, 11) is 0. The number of esters is 1. The predicted octanol–water partition coefficient (Wildman–Crippen LogP) is 2.24. The van der Waals surface area contributed by atoms with Gasteiger partial charge < -0.3 is 19.9 Å². The third kappa shape index (κ3) is 10.1. The van der Waals surface area contributed by atoms with E-state index in [2.05, 4.69) is 5.32 Å². The largest absolute Gasteiger partial charge is 0.458 e. The van der Waals surface area contributed by atoms with Crippen LogP contribution in [0.25, 0.3) is 0 Å². The van der Waals surface area contributed by atoms with Crippen LogP contribution in [0.15, 0.2) is 0 Å². The maximum absolute atomic E-state index is 12.1. The molecule has 124 valence electrons. The summed E-state index contributed by atoms with van der Waals surface area (Å²) in [6.45, 7) is 12.2. The molecule has 0 spiro atoms. The van der Waals surface area contributed by atoms with Gasteiger partial charge in [0, 0.05) is 6.61 Å². The molecular weight excluding hydrogens is 274 g/mol. The number of rotatable bonds is 5. The van der Waals surface area contributed by atoms with Crippen molar-refractivity contribution in [2.75, 3.05) is 6.61 Å². The molecule has 0 aliphatic rings. The van der Waals surface area contributed by atoms with E-state index in [0.29, 0.717) is 0 Å². The lowest BCUT2D eigenvalue weighted by Crippen LogP contribution is -2.47. The minimum Gasteiger partial charge on any atom is -0.458 e. The van der Waals surface area contributed by atoms with Gasteiger partial charge in [-0.2, -0.15) is 0 Å². The molecule has 6 nitrogen and oxygen atoms in total. The molecule has 6 heteroatoms. The molecule has 0 aromatic rings. The number of aliphatic hydroxyl groups is 1. The summed E-state index contributed by atoms with van der Waals surface area (Å²) in [5, 5.41) is 11.6. The number of hydrogen-bond acceptors (Lipinski definition) is 5. The van der Waals surface area contributed by atoms with E-state index in [1.807, 2.05) is 0 Å². The van der Waals surface area contributed by atoms with Gasteiger partial charge in [0.15, 0.2) is 0 Å². The quantitative estimate of drug-likeness (QED) is 0.761. The monoisotopic (exact) mass is 303 g/mol. The molecular formula is C15H29NO5. The van der Waals surface area contributed by atoms with Crippen molar-refractivity contribution in [3.05, 3.63) is 0 Å².